The van der Waals surface area contributed by atoms with E-state index in [-0.39, 0.29) is 5.54 Å². The van der Waals surface area contributed by atoms with Crippen LogP contribution >= 0.6 is 0 Å². The Labute approximate surface area is 191 Å². The fourth-order valence-electron chi connectivity index (χ4n) is 3.51. The maximum absolute atomic E-state index is 10.8. The van der Waals surface area contributed by atoms with Crippen molar-refractivity contribution in [1.82, 2.24) is 5.32 Å². The molecule has 0 unspecified atom stereocenters. The van der Waals surface area contributed by atoms with Crippen molar-refractivity contribution in [2.24, 2.45) is 0 Å². The summed E-state index contributed by atoms with van der Waals surface area (Å²) in [4.78, 5) is 10.8. The van der Waals surface area contributed by atoms with Gasteiger partial charge in [0.25, 0.3) is 0 Å². The predicted molar refractivity (Wildman–Crippen MR) is 131 cm³/mol. The summed E-state index contributed by atoms with van der Waals surface area (Å²) in [5.74, 6) is 1.65. The third-order valence-corrected chi connectivity index (χ3v) is 6.02. The Balaban J connectivity index is 1.71. The van der Waals surface area contributed by atoms with Gasteiger partial charge in [0, 0.05) is 11.1 Å². The molecule has 0 saturated carbocycles. The second-order valence-electron chi connectivity index (χ2n) is 8.77. The molecule has 0 radical (unpaired) electrons. The van der Waals surface area contributed by atoms with Gasteiger partial charge >= 0.3 is 0 Å². The first-order chi connectivity index (χ1) is 15.3. The van der Waals surface area contributed by atoms with Gasteiger partial charge in [0.2, 0.25) is 0 Å². The van der Waals surface area contributed by atoms with E-state index in [9.17, 15) is 4.79 Å². The monoisotopic (exact) mass is 431 g/mol. The molecule has 168 valence electrons. The van der Waals surface area contributed by atoms with Gasteiger partial charge in [-0.25, -0.2) is 0 Å². The molecule has 3 aromatic carbocycles. The van der Waals surface area contributed by atoms with Gasteiger partial charge in [-0.05, 0) is 105 Å². The van der Waals surface area contributed by atoms with Crippen LogP contribution in [-0.4, -0.2) is 25.5 Å². The zero-order chi connectivity index (χ0) is 23.1. The van der Waals surface area contributed by atoms with E-state index in [0.29, 0.717) is 18.8 Å². The Kier molecular flexibility index (Phi) is 7.70. The van der Waals surface area contributed by atoms with Crippen molar-refractivity contribution < 1.29 is 14.3 Å². The summed E-state index contributed by atoms with van der Waals surface area (Å²) < 4.78 is 11.9. The minimum absolute atomic E-state index is 0.0606. The molecule has 0 amide bonds. The Morgan fingerprint density at radius 1 is 0.906 bits per heavy atom. The van der Waals surface area contributed by atoms with E-state index in [1.54, 1.807) is 12.1 Å². The summed E-state index contributed by atoms with van der Waals surface area (Å²) in [7, 11) is 1.98. The number of nitrogens with one attached hydrogen (secondary N) is 1. The first kappa shape index (κ1) is 23.6. The van der Waals surface area contributed by atoms with E-state index in [4.69, 9.17) is 9.47 Å². The molecule has 0 bridgehead atoms. The Hall–Kier alpha value is -3.11. The van der Waals surface area contributed by atoms with Crippen LogP contribution in [0.5, 0.6) is 11.5 Å². The number of hydrogen-bond acceptors (Lipinski definition) is 4. The lowest BCUT2D eigenvalue weighted by Crippen LogP contribution is -2.37. The second-order valence-corrected chi connectivity index (χ2v) is 8.77. The van der Waals surface area contributed by atoms with E-state index in [0.717, 1.165) is 29.8 Å². The summed E-state index contributed by atoms with van der Waals surface area (Å²) in [5, 5.41) is 3.30. The van der Waals surface area contributed by atoms with Gasteiger partial charge in [0.1, 0.15) is 24.4 Å². The number of benzene rings is 3. The first-order valence-corrected chi connectivity index (χ1v) is 11.0. The molecule has 0 heterocycles. The van der Waals surface area contributed by atoms with Crippen molar-refractivity contribution in [2.45, 2.75) is 46.3 Å². The maximum Gasteiger partial charge on any atom is 0.150 e. The Morgan fingerprint density at radius 3 is 2.28 bits per heavy atom. The van der Waals surface area contributed by atoms with E-state index in [2.05, 4.69) is 63.3 Å². The number of aldehydes is 1. The number of carbonyl (C=O) groups is 1. The van der Waals surface area contributed by atoms with Crippen LogP contribution in [0.2, 0.25) is 0 Å². The highest BCUT2D eigenvalue weighted by Crippen LogP contribution is 2.31. The molecule has 4 nitrogen and oxygen atoms in total. The van der Waals surface area contributed by atoms with Crippen molar-refractivity contribution in [3.63, 3.8) is 0 Å². The van der Waals surface area contributed by atoms with Crippen LogP contribution in [0.4, 0.5) is 0 Å². The third kappa shape index (κ3) is 5.98. The average molecular weight is 432 g/mol. The number of rotatable bonds is 10. The molecular formula is C28H33NO3. The van der Waals surface area contributed by atoms with E-state index in [1.165, 1.54) is 22.3 Å². The van der Waals surface area contributed by atoms with Crippen molar-refractivity contribution in [2.75, 3.05) is 13.7 Å². The fourth-order valence-corrected chi connectivity index (χ4v) is 3.51. The number of carbonyl (C=O) groups excluding carboxylic acids is 1. The molecule has 3 aromatic rings. The average Bonchev–Trinajstić information content (AvgIpc) is 2.79. The molecule has 0 saturated heterocycles. The standard InChI is InChI=1S/C28H33NO3/c1-20-17-25(31-16-15-28(3,4)29-5)13-14-26(20)27-8-6-7-23(21(27)2)19-32-24-11-9-22(18-30)10-12-24/h6-14,17-18,29H,15-16,19H2,1-5H3. The first-order valence-electron chi connectivity index (χ1n) is 11.0. The number of hydrogen-bond donors (Lipinski definition) is 1. The molecule has 0 aromatic heterocycles. The number of aryl methyl sites for hydroxylation is 1. The predicted octanol–water partition coefficient (Wildman–Crippen LogP) is 6.13. The summed E-state index contributed by atoms with van der Waals surface area (Å²) >= 11 is 0. The lowest BCUT2D eigenvalue weighted by molar-refractivity contribution is 0.112. The zero-order valence-corrected chi connectivity index (χ0v) is 19.7. The smallest absolute Gasteiger partial charge is 0.150 e. The molecule has 32 heavy (non-hydrogen) atoms. The highest BCUT2D eigenvalue weighted by molar-refractivity contribution is 5.75. The molecule has 4 heteroatoms. The van der Waals surface area contributed by atoms with Gasteiger partial charge in [0.15, 0.2) is 0 Å². The molecule has 0 aliphatic carbocycles. The van der Waals surface area contributed by atoms with Crippen molar-refractivity contribution in [3.8, 4) is 22.6 Å². The maximum atomic E-state index is 10.8. The van der Waals surface area contributed by atoms with Gasteiger partial charge in [-0.2, -0.15) is 0 Å². The van der Waals surface area contributed by atoms with Crippen LogP contribution in [-0.2, 0) is 6.61 Å². The van der Waals surface area contributed by atoms with E-state index in [1.807, 2.05) is 25.2 Å². The van der Waals surface area contributed by atoms with Crippen LogP contribution < -0.4 is 14.8 Å². The van der Waals surface area contributed by atoms with E-state index < -0.39 is 0 Å². The molecule has 3 rings (SSSR count). The van der Waals surface area contributed by atoms with Crippen molar-refractivity contribution >= 4 is 6.29 Å². The van der Waals surface area contributed by atoms with E-state index >= 15 is 0 Å². The molecule has 0 fully saturated rings. The molecule has 0 atom stereocenters. The van der Waals surface area contributed by atoms with Gasteiger partial charge in [-0.15, -0.1) is 0 Å². The van der Waals surface area contributed by atoms with Crippen LogP contribution in [0.15, 0.2) is 60.7 Å². The highest BCUT2D eigenvalue weighted by atomic mass is 16.5. The minimum Gasteiger partial charge on any atom is -0.494 e. The van der Waals surface area contributed by atoms with Crippen molar-refractivity contribution in [1.29, 1.82) is 0 Å². The van der Waals surface area contributed by atoms with Gasteiger partial charge < -0.3 is 14.8 Å². The minimum atomic E-state index is 0.0606. The molecule has 0 aliphatic rings. The largest absolute Gasteiger partial charge is 0.494 e. The van der Waals surface area contributed by atoms with Crippen LogP contribution in [0, 0.1) is 13.8 Å². The lowest BCUT2D eigenvalue weighted by atomic mass is 9.93. The zero-order valence-electron chi connectivity index (χ0n) is 19.7. The summed E-state index contributed by atoms with van der Waals surface area (Å²) in [6.07, 6.45) is 1.77. The summed E-state index contributed by atoms with van der Waals surface area (Å²) in [6.45, 7) is 9.74. The summed E-state index contributed by atoms with van der Waals surface area (Å²) in [6, 6.07) is 19.8. The van der Waals surface area contributed by atoms with Crippen LogP contribution in [0.3, 0.4) is 0 Å². The molecule has 0 spiro atoms. The fraction of sp³-hybridized carbons (Fsp3) is 0.321. The normalized spacial score (nSPS) is 11.3. The third-order valence-electron chi connectivity index (χ3n) is 6.02. The number of ether oxygens (including phenoxy) is 2. The Bertz CT molecular complexity index is 1050. The van der Waals surface area contributed by atoms with Crippen LogP contribution in [0.1, 0.15) is 47.3 Å². The summed E-state index contributed by atoms with van der Waals surface area (Å²) in [5.41, 5.74) is 6.61. The second kappa shape index (κ2) is 10.5. The van der Waals surface area contributed by atoms with Gasteiger partial charge in [0.05, 0.1) is 6.61 Å². The van der Waals surface area contributed by atoms with Crippen molar-refractivity contribution in [3.05, 3.63) is 82.9 Å². The molecular weight excluding hydrogens is 398 g/mol. The quantitative estimate of drug-likeness (QED) is 0.392. The molecule has 1 N–H and O–H groups in total. The van der Waals surface area contributed by atoms with Crippen LogP contribution in [0.25, 0.3) is 11.1 Å². The molecule has 0 aliphatic heterocycles. The van der Waals surface area contributed by atoms with Gasteiger partial charge in [-0.1, -0.05) is 24.3 Å². The SMILES string of the molecule is CNC(C)(C)CCOc1ccc(-c2cccc(COc3ccc(C=O)cc3)c2C)c(C)c1. The topological polar surface area (TPSA) is 47.6 Å². The lowest BCUT2D eigenvalue weighted by Gasteiger charge is -2.24. The van der Waals surface area contributed by atoms with Gasteiger partial charge in [-0.3, -0.25) is 4.79 Å². The highest BCUT2D eigenvalue weighted by Gasteiger charge is 2.15. The Morgan fingerprint density at radius 2 is 1.62 bits per heavy atom.